The molecule has 1 aliphatic rings. The first-order valence-corrected chi connectivity index (χ1v) is 6.63. The van der Waals surface area contributed by atoms with Crippen LogP contribution in [0.4, 0.5) is 0 Å². The lowest BCUT2D eigenvalue weighted by molar-refractivity contribution is -0.121. The van der Waals surface area contributed by atoms with E-state index in [1.807, 2.05) is 7.05 Å². The van der Waals surface area contributed by atoms with Gasteiger partial charge in [0.15, 0.2) is 0 Å². The van der Waals surface area contributed by atoms with Crippen LogP contribution in [0.15, 0.2) is 0 Å². The van der Waals surface area contributed by atoms with Gasteiger partial charge in [-0.3, -0.25) is 4.79 Å². The minimum absolute atomic E-state index is 0.216. The van der Waals surface area contributed by atoms with Crippen LogP contribution in [0.25, 0.3) is 0 Å². The highest BCUT2D eigenvalue weighted by atomic mass is 16.1. The third kappa shape index (κ3) is 5.50. The van der Waals surface area contributed by atoms with E-state index in [1.165, 1.54) is 25.7 Å². The number of carbonyl (C=O) groups is 1. The SMILES string of the molecule is CNCCCC(=O)NCC1CCCC(C)C1. The maximum atomic E-state index is 11.5. The van der Waals surface area contributed by atoms with E-state index in [0.717, 1.165) is 31.3 Å². The molecule has 0 radical (unpaired) electrons. The molecule has 1 rings (SSSR count). The Hall–Kier alpha value is -0.570. The summed E-state index contributed by atoms with van der Waals surface area (Å²) >= 11 is 0. The van der Waals surface area contributed by atoms with E-state index >= 15 is 0 Å². The summed E-state index contributed by atoms with van der Waals surface area (Å²) in [4.78, 5) is 11.5. The minimum atomic E-state index is 0.216. The molecular weight excluding hydrogens is 200 g/mol. The molecule has 1 amide bonds. The van der Waals surface area contributed by atoms with E-state index in [4.69, 9.17) is 0 Å². The van der Waals surface area contributed by atoms with E-state index in [9.17, 15) is 4.79 Å². The molecule has 2 atom stereocenters. The standard InChI is InChI=1S/C13H26N2O/c1-11-5-3-6-12(9-11)10-15-13(16)7-4-8-14-2/h11-12,14H,3-10H2,1-2H3,(H,15,16). The fourth-order valence-electron chi connectivity index (χ4n) is 2.52. The number of nitrogens with one attached hydrogen (secondary N) is 2. The number of hydrogen-bond acceptors (Lipinski definition) is 2. The van der Waals surface area contributed by atoms with E-state index in [-0.39, 0.29) is 5.91 Å². The van der Waals surface area contributed by atoms with Crippen LogP contribution in [-0.4, -0.2) is 26.0 Å². The Morgan fingerprint density at radius 2 is 2.19 bits per heavy atom. The molecule has 2 unspecified atom stereocenters. The molecule has 0 bridgehead atoms. The van der Waals surface area contributed by atoms with E-state index in [0.29, 0.717) is 6.42 Å². The lowest BCUT2D eigenvalue weighted by Gasteiger charge is -2.26. The van der Waals surface area contributed by atoms with Gasteiger partial charge in [0.2, 0.25) is 5.91 Å². The molecule has 1 aliphatic carbocycles. The molecule has 0 aromatic carbocycles. The summed E-state index contributed by atoms with van der Waals surface area (Å²) < 4.78 is 0. The second-order valence-corrected chi connectivity index (χ2v) is 5.15. The van der Waals surface area contributed by atoms with Crippen LogP contribution in [0.3, 0.4) is 0 Å². The van der Waals surface area contributed by atoms with Gasteiger partial charge < -0.3 is 10.6 Å². The molecule has 3 heteroatoms. The minimum Gasteiger partial charge on any atom is -0.356 e. The summed E-state index contributed by atoms with van der Waals surface area (Å²) in [6, 6.07) is 0. The smallest absolute Gasteiger partial charge is 0.220 e. The van der Waals surface area contributed by atoms with Crippen LogP contribution >= 0.6 is 0 Å². The van der Waals surface area contributed by atoms with Crippen molar-refractivity contribution in [2.24, 2.45) is 11.8 Å². The largest absolute Gasteiger partial charge is 0.356 e. The lowest BCUT2D eigenvalue weighted by Crippen LogP contribution is -2.31. The molecule has 0 spiro atoms. The van der Waals surface area contributed by atoms with E-state index in [2.05, 4.69) is 17.6 Å². The Morgan fingerprint density at radius 1 is 1.38 bits per heavy atom. The fraction of sp³-hybridized carbons (Fsp3) is 0.923. The van der Waals surface area contributed by atoms with Crippen LogP contribution in [0, 0.1) is 11.8 Å². The molecule has 0 aliphatic heterocycles. The molecule has 16 heavy (non-hydrogen) atoms. The van der Waals surface area contributed by atoms with Crippen LogP contribution in [-0.2, 0) is 4.79 Å². The fourth-order valence-corrected chi connectivity index (χ4v) is 2.52. The van der Waals surface area contributed by atoms with Gasteiger partial charge in [0.05, 0.1) is 0 Å². The normalized spacial score (nSPS) is 25.4. The second-order valence-electron chi connectivity index (χ2n) is 5.15. The van der Waals surface area contributed by atoms with Gasteiger partial charge in [-0.05, 0) is 44.7 Å². The zero-order valence-electron chi connectivity index (χ0n) is 10.7. The van der Waals surface area contributed by atoms with Crippen LogP contribution in [0.1, 0.15) is 45.4 Å². The van der Waals surface area contributed by atoms with Crippen molar-refractivity contribution in [2.75, 3.05) is 20.1 Å². The summed E-state index contributed by atoms with van der Waals surface area (Å²) in [5.41, 5.74) is 0. The van der Waals surface area contributed by atoms with Gasteiger partial charge in [0.1, 0.15) is 0 Å². The zero-order chi connectivity index (χ0) is 11.8. The molecule has 1 saturated carbocycles. The van der Waals surface area contributed by atoms with Crippen molar-refractivity contribution in [3.63, 3.8) is 0 Å². The molecule has 2 N–H and O–H groups in total. The summed E-state index contributed by atoms with van der Waals surface area (Å²) in [6.45, 7) is 4.14. The third-order valence-electron chi connectivity index (χ3n) is 3.46. The van der Waals surface area contributed by atoms with E-state index in [1.54, 1.807) is 0 Å². The van der Waals surface area contributed by atoms with Crippen molar-refractivity contribution in [1.29, 1.82) is 0 Å². The van der Waals surface area contributed by atoms with Crippen molar-refractivity contribution in [1.82, 2.24) is 10.6 Å². The molecule has 0 saturated heterocycles. The summed E-state index contributed by atoms with van der Waals surface area (Å²) in [6.07, 6.45) is 6.87. The highest BCUT2D eigenvalue weighted by molar-refractivity contribution is 5.75. The number of hydrogen-bond donors (Lipinski definition) is 2. The van der Waals surface area contributed by atoms with E-state index < -0.39 is 0 Å². The van der Waals surface area contributed by atoms with Crippen molar-refractivity contribution >= 4 is 5.91 Å². The van der Waals surface area contributed by atoms with Gasteiger partial charge in [-0.2, -0.15) is 0 Å². The Balaban J connectivity index is 2.06. The molecule has 0 aromatic heterocycles. The van der Waals surface area contributed by atoms with Gasteiger partial charge in [0.25, 0.3) is 0 Å². The zero-order valence-corrected chi connectivity index (χ0v) is 10.7. The summed E-state index contributed by atoms with van der Waals surface area (Å²) in [5, 5.41) is 6.12. The van der Waals surface area contributed by atoms with Crippen LogP contribution in [0.5, 0.6) is 0 Å². The van der Waals surface area contributed by atoms with Gasteiger partial charge in [-0.1, -0.05) is 19.8 Å². The maximum Gasteiger partial charge on any atom is 0.220 e. The molecular formula is C13H26N2O. The van der Waals surface area contributed by atoms with Gasteiger partial charge in [-0.15, -0.1) is 0 Å². The number of carbonyl (C=O) groups excluding carboxylic acids is 1. The lowest BCUT2D eigenvalue weighted by atomic mass is 9.82. The topological polar surface area (TPSA) is 41.1 Å². The summed E-state index contributed by atoms with van der Waals surface area (Å²) in [7, 11) is 1.92. The number of amides is 1. The van der Waals surface area contributed by atoms with Gasteiger partial charge in [-0.25, -0.2) is 0 Å². The average Bonchev–Trinajstić information content (AvgIpc) is 2.27. The maximum absolute atomic E-state index is 11.5. The average molecular weight is 226 g/mol. The molecule has 0 heterocycles. The highest BCUT2D eigenvalue weighted by Gasteiger charge is 2.18. The third-order valence-corrected chi connectivity index (χ3v) is 3.46. The quantitative estimate of drug-likeness (QED) is 0.679. The molecule has 0 aromatic rings. The first-order valence-electron chi connectivity index (χ1n) is 6.63. The van der Waals surface area contributed by atoms with Crippen molar-refractivity contribution in [3.05, 3.63) is 0 Å². The van der Waals surface area contributed by atoms with Gasteiger partial charge in [0, 0.05) is 13.0 Å². The first-order chi connectivity index (χ1) is 7.72. The molecule has 94 valence electrons. The van der Waals surface area contributed by atoms with Crippen LogP contribution in [0.2, 0.25) is 0 Å². The first kappa shape index (κ1) is 13.5. The Bertz CT molecular complexity index is 206. The van der Waals surface area contributed by atoms with Crippen molar-refractivity contribution in [2.45, 2.75) is 45.4 Å². The highest BCUT2D eigenvalue weighted by Crippen LogP contribution is 2.27. The van der Waals surface area contributed by atoms with Gasteiger partial charge >= 0.3 is 0 Å². The van der Waals surface area contributed by atoms with Crippen LogP contribution < -0.4 is 10.6 Å². The Kier molecular flexibility index (Phi) is 6.46. The Morgan fingerprint density at radius 3 is 2.88 bits per heavy atom. The number of rotatable bonds is 6. The predicted octanol–water partition coefficient (Wildman–Crippen LogP) is 1.93. The van der Waals surface area contributed by atoms with Crippen molar-refractivity contribution < 1.29 is 4.79 Å². The Labute approximate surface area is 99.4 Å². The predicted molar refractivity (Wildman–Crippen MR) is 67.3 cm³/mol. The molecule has 1 fully saturated rings. The molecule has 3 nitrogen and oxygen atoms in total. The monoisotopic (exact) mass is 226 g/mol. The van der Waals surface area contributed by atoms with Crippen molar-refractivity contribution in [3.8, 4) is 0 Å². The summed E-state index contributed by atoms with van der Waals surface area (Å²) in [5.74, 6) is 1.78. The second kappa shape index (κ2) is 7.66.